The minimum atomic E-state index is -4.63. The summed E-state index contributed by atoms with van der Waals surface area (Å²) in [5, 5.41) is 11.9. The van der Waals surface area contributed by atoms with Gasteiger partial charge in [0.2, 0.25) is 17.7 Å². The Kier molecular flexibility index (Phi) is 11.3. The van der Waals surface area contributed by atoms with Crippen LogP contribution < -0.4 is 26.0 Å². The van der Waals surface area contributed by atoms with E-state index in [0.717, 1.165) is 23.8 Å². The second kappa shape index (κ2) is 16.1. The summed E-state index contributed by atoms with van der Waals surface area (Å²) >= 11 is 6.03. The summed E-state index contributed by atoms with van der Waals surface area (Å²) in [4.78, 5) is 63.3. The van der Waals surface area contributed by atoms with Gasteiger partial charge in [-0.15, -0.1) is 0 Å². The van der Waals surface area contributed by atoms with Gasteiger partial charge in [-0.1, -0.05) is 48.0 Å². The predicted molar refractivity (Wildman–Crippen MR) is 190 cm³/mol. The van der Waals surface area contributed by atoms with Crippen LogP contribution in [0.2, 0.25) is 5.02 Å². The summed E-state index contributed by atoms with van der Waals surface area (Å²) in [5.41, 5.74) is 3.05. The number of Topliss-reactive ketones (excluding diaryl/α,β-unsaturated/α-hetero) is 1. The number of ketones is 1. The lowest BCUT2D eigenvalue weighted by Crippen LogP contribution is -2.43. The molecule has 0 saturated heterocycles. The Balaban J connectivity index is 1.07. The minimum absolute atomic E-state index is 0.0259. The van der Waals surface area contributed by atoms with Crippen molar-refractivity contribution in [3.05, 3.63) is 100 Å². The van der Waals surface area contributed by atoms with E-state index in [1.165, 1.54) is 24.3 Å². The maximum absolute atomic E-state index is 13.1. The average Bonchev–Trinajstić information content (AvgIpc) is 3.81. The molecule has 4 N–H and O–H groups in total. The summed E-state index contributed by atoms with van der Waals surface area (Å²) < 4.78 is 48.5. The molecule has 0 aliphatic heterocycles. The van der Waals surface area contributed by atoms with Crippen molar-refractivity contribution < 1.29 is 41.8 Å². The van der Waals surface area contributed by atoms with Gasteiger partial charge in [0.15, 0.2) is 6.61 Å². The maximum Gasteiger partial charge on any atom is 0.422 e. The van der Waals surface area contributed by atoms with Gasteiger partial charge in [0.1, 0.15) is 6.04 Å². The zero-order valence-electron chi connectivity index (χ0n) is 28.8. The topological polar surface area (TPSA) is 174 Å². The molecule has 0 bridgehead atoms. The minimum Gasteiger partial charge on any atom is -0.467 e. The van der Waals surface area contributed by atoms with Crippen LogP contribution in [0.15, 0.2) is 72.8 Å². The lowest BCUT2D eigenvalue weighted by Gasteiger charge is -2.19. The monoisotopic (exact) mass is 765 g/mol. The highest BCUT2D eigenvalue weighted by atomic mass is 35.5. The zero-order valence-corrected chi connectivity index (χ0v) is 29.6. The van der Waals surface area contributed by atoms with Gasteiger partial charge in [-0.05, 0) is 85.2 Å². The number of carbonyl (C=O) groups is 4. The second-order valence-corrected chi connectivity index (χ2v) is 13.4. The fraction of sp³-hybridized carbons (Fsp3) is 0.324. The molecule has 3 aromatic carbocycles. The Hall–Kier alpha value is -5.77. The van der Waals surface area contributed by atoms with Crippen LogP contribution in [0.4, 0.5) is 30.8 Å². The van der Waals surface area contributed by atoms with Crippen molar-refractivity contribution in [2.75, 3.05) is 24.4 Å². The van der Waals surface area contributed by atoms with Gasteiger partial charge >= 0.3 is 18.2 Å². The summed E-state index contributed by atoms with van der Waals surface area (Å²) in [6.07, 6.45) is -2.47. The van der Waals surface area contributed by atoms with Gasteiger partial charge in [0, 0.05) is 28.7 Å². The predicted octanol–water partition coefficient (Wildman–Crippen LogP) is 5.22. The van der Waals surface area contributed by atoms with E-state index < -0.39 is 53.9 Å². The second-order valence-electron chi connectivity index (χ2n) is 12.9. The van der Waals surface area contributed by atoms with E-state index in [-0.39, 0.29) is 36.3 Å². The Morgan fingerprint density at radius 2 is 1.56 bits per heavy atom. The van der Waals surface area contributed by atoms with Gasteiger partial charge in [-0.2, -0.15) is 28.1 Å². The van der Waals surface area contributed by atoms with Crippen LogP contribution in [0.1, 0.15) is 52.7 Å². The third kappa shape index (κ3) is 9.80. The molecule has 17 heteroatoms. The molecule has 2 amide bonds. The fourth-order valence-corrected chi connectivity index (χ4v) is 6.18. The fourth-order valence-electron chi connectivity index (χ4n) is 6.06. The highest BCUT2D eigenvalue weighted by Gasteiger charge is 2.45. The molecule has 1 heterocycles. The number of aromatic nitrogens is 3. The van der Waals surface area contributed by atoms with Crippen molar-refractivity contribution in [3.8, 4) is 6.01 Å². The molecule has 6 rings (SSSR count). The number of anilines is 3. The first-order valence-corrected chi connectivity index (χ1v) is 17.3. The van der Waals surface area contributed by atoms with Crippen molar-refractivity contribution >= 4 is 52.8 Å². The number of carbonyl (C=O) groups excluding carboxylic acids is 4. The number of methoxy groups -OCH3 is 1. The molecule has 0 unspecified atom stereocenters. The van der Waals surface area contributed by atoms with E-state index in [1.807, 2.05) is 36.4 Å². The van der Waals surface area contributed by atoms with Crippen molar-refractivity contribution in [1.82, 2.24) is 25.6 Å². The number of rotatable bonds is 15. The van der Waals surface area contributed by atoms with E-state index in [4.69, 9.17) is 21.1 Å². The Bertz CT molecular complexity index is 2000. The van der Waals surface area contributed by atoms with Crippen LogP contribution in [0.25, 0.3) is 0 Å². The SMILES string of the molecule is COC(=O)[C@H](CCC(=O)C(=O)NC1Cc2ccccc2C1)NC(=O)c1ccc(Nc2nc(NC3(c4ccc(Cl)cc4)CC3)nc(OCC(F)(F)F)n2)cc1. The van der Waals surface area contributed by atoms with Crippen LogP contribution in [0.3, 0.4) is 0 Å². The van der Waals surface area contributed by atoms with Crippen molar-refractivity contribution in [2.24, 2.45) is 0 Å². The first-order chi connectivity index (χ1) is 25.8. The Labute approximate surface area is 312 Å². The average molecular weight is 766 g/mol. The highest BCUT2D eigenvalue weighted by Crippen LogP contribution is 2.48. The van der Waals surface area contributed by atoms with Crippen molar-refractivity contribution in [3.63, 3.8) is 0 Å². The molecule has 1 fully saturated rings. The summed E-state index contributed by atoms with van der Waals surface area (Å²) in [6, 6.07) is 18.7. The molecule has 13 nitrogen and oxygen atoms in total. The molecule has 282 valence electrons. The first-order valence-electron chi connectivity index (χ1n) is 17.0. The van der Waals surface area contributed by atoms with E-state index in [2.05, 4.69) is 36.2 Å². The van der Waals surface area contributed by atoms with E-state index in [9.17, 15) is 32.3 Å². The highest BCUT2D eigenvalue weighted by molar-refractivity contribution is 6.36. The largest absolute Gasteiger partial charge is 0.467 e. The van der Waals surface area contributed by atoms with E-state index >= 15 is 0 Å². The van der Waals surface area contributed by atoms with Gasteiger partial charge in [-0.3, -0.25) is 14.4 Å². The van der Waals surface area contributed by atoms with Crippen molar-refractivity contribution in [2.45, 2.75) is 62.3 Å². The Morgan fingerprint density at radius 1 is 0.907 bits per heavy atom. The van der Waals surface area contributed by atoms with E-state index in [0.29, 0.717) is 36.4 Å². The molecule has 0 radical (unpaired) electrons. The van der Waals surface area contributed by atoms with Crippen LogP contribution in [-0.2, 0) is 37.5 Å². The van der Waals surface area contributed by atoms with Gasteiger partial charge in [-0.25, -0.2) is 4.79 Å². The number of amides is 2. The number of benzene rings is 3. The number of alkyl halides is 3. The summed E-state index contributed by atoms with van der Waals surface area (Å²) in [5.74, 6) is -3.12. The van der Waals surface area contributed by atoms with Crippen LogP contribution in [0, 0.1) is 0 Å². The number of fused-ring (bicyclic) bond motifs is 1. The lowest BCUT2D eigenvalue weighted by molar-refractivity contribution is -0.154. The molecule has 1 atom stereocenters. The molecule has 1 aromatic heterocycles. The third-order valence-corrected chi connectivity index (χ3v) is 9.22. The number of hydrogen-bond acceptors (Lipinski definition) is 11. The molecule has 54 heavy (non-hydrogen) atoms. The molecule has 4 aromatic rings. The number of ether oxygens (including phenoxy) is 2. The molecular weight excluding hydrogens is 731 g/mol. The molecule has 0 spiro atoms. The van der Waals surface area contributed by atoms with Crippen molar-refractivity contribution in [1.29, 1.82) is 0 Å². The number of esters is 1. The molecule has 1 saturated carbocycles. The number of hydrogen-bond donors (Lipinski definition) is 4. The lowest BCUT2D eigenvalue weighted by atomic mass is 10.1. The molecule has 2 aliphatic rings. The molecular formula is C37H35ClF3N7O6. The summed E-state index contributed by atoms with van der Waals surface area (Å²) in [6.45, 7) is -1.62. The normalized spacial score (nSPS) is 15.0. The van der Waals surface area contributed by atoms with Gasteiger partial charge < -0.3 is 30.7 Å². The maximum atomic E-state index is 13.1. The Morgan fingerprint density at radius 3 is 2.17 bits per heavy atom. The molecule has 2 aliphatic carbocycles. The number of nitrogens with one attached hydrogen (secondary N) is 4. The number of halogens is 4. The zero-order chi connectivity index (χ0) is 38.5. The standard InChI is InChI=1S/C37H35ClF3N7O6/c1-53-32(52)28(14-15-29(49)31(51)42-27-18-22-4-2-3-5-23(22)19-27)44-30(50)21-6-12-26(13-7-21)43-33-45-34(47-35(46-33)54-20-37(39,40)41)48-36(16-17-36)24-8-10-25(38)11-9-24/h2-13,27-28H,14-20H2,1H3,(H,42,51)(H,44,50)(H2,43,45,46,47,48)/t28-/m0/s1. The van der Waals surface area contributed by atoms with Gasteiger partial charge in [0.05, 0.1) is 12.6 Å². The first kappa shape index (κ1) is 38.0. The third-order valence-electron chi connectivity index (χ3n) is 8.97. The van der Waals surface area contributed by atoms with E-state index in [1.54, 1.807) is 12.1 Å². The van der Waals surface area contributed by atoms with Gasteiger partial charge in [0.25, 0.3) is 11.8 Å². The smallest absolute Gasteiger partial charge is 0.422 e. The van der Waals surface area contributed by atoms with Crippen LogP contribution in [0.5, 0.6) is 6.01 Å². The van der Waals surface area contributed by atoms with Crippen LogP contribution >= 0.6 is 11.6 Å². The summed E-state index contributed by atoms with van der Waals surface area (Å²) in [7, 11) is 1.14. The number of nitrogens with zero attached hydrogens (tertiary/aromatic N) is 3. The quantitative estimate of drug-likeness (QED) is 0.0924. The van der Waals surface area contributed by atoms with Crippen LogP contribution in [-0.4, -0.2) is 70.5 Å².